The van der Waals surface area contributed by atoms with E-state index < -0.39 is 0 Å². The van der Waals surface area contributed by atoms with Gasteiger partial charge in [-0.15, -0.1) is 0 Å². The molecule has 1 aromatic carbocycles. The molecule has 0 aliphatic rings. The van der Waals surface area contributed by atoms with Gasteiger partial charge in [-0.05, 0) is 25.1 Å². The molecule has 4 N–H and O–H groups in total. The lowest BCUT2D eigenvalue weighted by Crippen LogP contribution is -2.35. The highest BCUT2D eigenvalue weighted by atomic mass is 16.5. The summed E-state index contributed by atoms with van der Waals surface area (Å²) >= 11 is 0. The number of fused-ring (bicyclic) bond motifs is 1. The van der Waals surface area contributed by atoms with Gasteiger partial charge in [-0.2, -0.15) is 0 Å². The van der Waals surface area contributed by atoms with Crippen LogP contribution in [0.1, 0.15) is 17.4 Å². The van der Waals surface area contributed by atoms with Crippen LogP contribution in [-0.2, 0) is 0 Å². The molecule has 2 rings (SSSR count). The number of ether oxygens (including phenoxy) is 1. The molecule has 0 radical (unpaired) electrons. The molecule has 5 nitrogen and oxygen atoms in total. The van der Waals surface area contributed by atoms with E-state index in [9.17, 15) is 4.79 Å². The average molecular weight is 247 g/mol. The molecule has 2 aromatic rings. The predicted octanol–water partition coefficient (Wildman–Crippen LogP) is 1.25. The molecule has 0 aliphatic heterocycles. The zero-order valence-corrected chi connectivity index (χ0v) is 10.5. The van der Waals surface area contributed by atoms with Crippen molar-refractivity contribution in [3.63, 3.8) is 0 Å². The lowest BCUT2D eigenvalue weighted by molar-refractivity contribution is 0.0947. The first kappa shape index (κ1) is 12.4. The van der Waals surface area contributed by atoms with E-state index >= 15 is 0 Å². The standard InChI is InChI=1S/C13H17N3O2/c1-8(14)7-15-13(17)12-5-9-3-4-10(18-2)6-11(9)16-12/h3-6,8,16H,7,14H2,1-2H3,(H,15,17). The Kier molecular flexibility index (Phi) is 3.53. The number of hydrogen-bond acceptors (Lipinski definition) is 3. The Bertz CT molecular complexity index is 560. The van der Waals surface area contributed by atoms with Crippen LogP contribution in [0.3, 0.4) is 0 Å². The second-order valence-corrected chi connectivity index (χ2v) is 4.32. The molecule has 0 spiro atoms. The summed E-state index contributed by atoms with van der Waals surface area (Å²) in [6.07, 6.45) is 0. The summed E-state index contributed by atoms with van der Waals surface area (Å²) in [6.45, 7) is 2.30. The number of hydrogen-bond donors (Lipinski definition) is 3. The molecule has 1 atom stereocenters. The molecule has 0 bridgehead atoms. The topological polar surface area (TPSA) is 80.1 Å². The zero-order valence-electron chi connectivity index (χ0n) is 10.5. The van der Waals surface area contributed by atoms with E-state index in [0.717, 1.165) is 16.7 Å². The number of aromatic nitrogens is 1. The molecule has 18 heavy (non-hydrogen) atoms. The maximum Gasteiger partial charge on any atom is 0.267 e. The molecule has 0 fully saturated rings. The lowest BCUT2D eigenvalue weighted by Gasteiger charge is -2.05. The summed E-state index contributed by atoms with van der Waals surface area (Å²) in [5.74, 6) is 0.606. The van der Waals surface area contributed by atoms with E-state index in [1.54, 1.807) is 7.11 Å². The molecule has 1 aromatic heterocycles. The fourth-order valence-electron chi connectivity index (χ4n) is 1.70. The maximum absolute atomic E-state index is 11.8. The molecule has 1 amide bonds. The molecule has 1 heterocycles. The first-order valence-corrected chi connectivity index (χ1v) is 5.80. The predicted molar refractivity (Wildman–Crippen MR) is 70.8 cm³/mol. The second kappa shape index (κ2) is 5.10. The highest BCUT2D eigenvalue weighted by molar-refractivity contribution is 5.98. The Morgan fingerprint density at radius 1 is 1.50 bits per heavy atom. The smallest absolute Gasteiger partial charge is 0.267 e. The van der Waals surface area contributed by atoms with Gasteiger partial charge in [-0.3, -0.25) is 4.79 Å². The summed E-state index contributed by atoms with van der Waals surface area (Å²) in [5, 5.41) is 3.74. The van der Waals surface area contributed by atoms with Crippen LogP contribution in [0.2, 0.25) is 0 Å². The lowest BCUT2D eigenvalue weighted by atomic mass is 10.2. The van der Waals surface area contributed by atoms with Crippen LogP contribution >= 0.6 is 0 Å². The quantitative estimate of drug-likeness (QED) is 0.760. The first-order chi connectivity index (χ1) is 8.60. The van der Waals surface area contributed by atoms with Crippen molar-refractivity contribution in [2.45, 2.75) is 13.0 Å². The van der Waals surface area contributed by atoms with Gasteiger partial charge in [0.15, 0.2) is 0 Å². The molecule has 0 aliphatic carbocycles. The summed E-state index contributed by atoms with van der Waals surface area (Å²) in [5.41, 5.74) is 6.99. The minimum Gasteiger partial charge on any atom is -0.497 e. The highest BCUT2D eigenvalue weighted by Gasteiger charge is 2.10. The van der Waals surface area contributed by atoms with Gasteiger partial charge in [0.05, 0.1) is 7.11 Å². The molecule has 5 heteroatoms. The van der Waals surface area contributed by atoms with E-state index in [-0.39, 0.29) is 11.9 Å². The Balaban J connectivity index is 2.21. The number of benzene rings is 1. The van der Waals surface area contributed by atoms with Gasteiger partial charge < -0.3 is 20.8 Å². The van der Waals surface area contributed by atoms with Crippen LogP contribution in [0.4, 0.5) is 0 Å². The van der Waals surface area contributed by atoms with Crippen LogP contribution in [-0.4, -0.2) is 30.6 Å². The van der Waals surface area contributed by atoms with Crippen LogP contribution in [0, 0.1) is 0 Å². The van der Waals surface area contributed by atoms with Crippen molar-refractivity contribution < 1.29 is 9.53 Å². The fraction of sp³-hybridized carbons (Fsp3) is 0.308. The van der Waals surface area contributed by atoms with E-state index in [4.69, 9.17) is 10.5 Å². The van der Waals surface area contributed by atoms with Crippen molar-refractivity contribution in [1.82, 2.24) is 10.3 Å². The first-order valence-electron chi connectivity index (χ1n) is 5.80. The molecule has 96 valence electrons. The third-order valence-corrected chi connectivity index (χ3v) is 2.66. The fourth-order valence-corrected chi connectivity index (χ4v) is 1.70. The number of rotatable bonds is 4. The summed E-state index contributed by atoms with van der Waals surface area (Å²) in [7, 11) is 1.61. The SMILES string of the molecule is COc1ccc2cc(C(=O)NCC(C)N)[nH]c2c1. The number of carbonyl (C=O) groups excluding carboxylic acids is 1. The number of aromatic amines is 1. The number of nitrogens with one attached hydrogen (secondary N) is 2. The van der Waals surface area contributed by atoms with Gasteiger partial charge in [-0.1, -0.05) is 0 Å². The van der Waals surface area contributed by atoms with E-state index in [2.05, 4.69) is 10.3 Å². The van der Waals surface area contributed by atoms with Crippen molar-refractivity contribution in [2.24, 2.45) is 5.73 Å². The maximum atomic E-state index is 11.8. The Morgan fingerprint density at radius 3 is 2.94 bits per heavy atom. The summed E-state index contributed by atoms with van der Waals surface area (Å²) in [4.78, 5) is 14.9. The van der Waals surface area contributed by atoms with Gasteiger partial charge in [0.25, 0.3) is 5.91 Å². The van der Waals surface area contributed by atoms with Gasteiger partial charge in [-0.25, -0.2) is 0 Å². The highest BCUT2D eigenvalue weighted by Crippen LogP contribution is 2.21. The van der Waals surface area contributed by atoms with Crippen LogP contribution < -0.4 is 15.8 Å². The minimum atomic E-state index is -0.150. The van der Waals surface area contributed by atoms with E-state index in [1.165, 1.54) is 0 Å². The van der Waals surface area contributed by atoms with Gasteiger partial charge in [0.1, 0.15) is 11.4 Å². The average Bonchev–Trinajstić information content (AvgIpc) is 2.78. The van der Waals surface area contributed by atoms with Gasteiger partial charge in [0, 0.05) is 29.6 Å². The molecular formula is C13H17N3O2. The van der Waals surface area contributed by atoms with Crippen molar-refractivity contribution in [3.05, 3.63) is 30.0 Å². The number of amides is 1. The van der Waals surface area contributed by atoms with Crippen molar-refractivity contribution >= 4 is 16.8 Å². The molecule has 0 saturated heterocycles. The Hall–Kier alpha value is -2.01. The van der Waals surface area contributed by atoms with Crippen molar-refractivity contribution in [3.8, 4) is 5.75 Å². The monoisotopic (exact) mass is 247 g/mol. The van der Waals surface area contributed by atoms with Crippen LogP contribution in [0.5, 0.6) is 5.75 Å². The Morgan fingerprint density at radius 2 is 2.28 bits per heavy atom. The summed E-state index contributed by atoms with van der Waals surface area (Å²) < 4.78 is 5.13. The van der Waals surface area contributed by atoms with Crippen LogP contribution in [0.25, 0.3) is 10.9 Å². The van der Waals surface area contributed by atoms with Crippen molar-refractivity contribution in [2.75, 3.05) is 13.7 Å². The summed E-state index contributed by atoms with van der Waals surface area (Å²) in [6, 6.07) is 7.38. The number of H-pyrrole nitrogens is 1. The number of nitrogens with two attached hydrogens (primary N) is 1. The number of methoxy groups -OCH3 is 1. The molecular weight excluding hydrogens is 230 g/mol. The molecule has 0 saturated carbocycles. The third-order valence-electron chi connectivity index (χ3n) is 2.66. The normalized spacial score (nSPS) is 12.4. The van der Waals surface area contributed by atoms with Gasteiger partial charge in [0.2, 0.25) is 0 Å². The number of carbonyl (C=O) groups is 1. The molecule has 1 unspecified atom stereocenters. The second-order valence-electron chi connectivity index (χ2n) is 4.32. The van der Waals surface area contributed by atoms with E-state index in [1.807, 2.05) is 31.2 Å². The van der Waals surface area contributed by atoms with Crippen molar-refractivity contribution in [1.29, 1.82) is 0 Å². The van der Waals surface area contributed by atoms with Crippen LogP contribution in [0.15, 0.2) is 24.3 Å². The van der Waals surface area contributed by atoms with Gasteiger partial charge >= 0.3 is 0 Å². The Labute approximate surface area is 105 Å². The zero-order chi connectivity index (χ0) is 13.1. The van der Waals surface area contributed by atoms with E-state index in [0.29, 0.717) is 12.2 Å². The largest absolute Gasteiger partial charge is 0.497 e. The minimum absolute atomic E-state index is 0.0570. The third kappa shape index (κ3) is 2.62.